The molecule has 1 N–H and O–H groups in total. The van der Waals surface area contributed by atoms with Crippen molar-refractivity contribution < 1.29 is 0 Å². The maximum absolute atomic E-state index is 3.71. The Labute approximate surface area is 126 Å². The zero-order valence-corrected chi connectivity index (χ0v) is 14.1. The second-order valence-corrected chi connectivity index (χ2v) is 7.54. The van der Waals surface area contributed by atoms with Gasteiger partial charge in [-0.05, 0) is 64.5 Å². The molecule has 1 spiro atoms. The Morgan fingerprint density at radius 2 is 1.65 bits per heavy atom. The number of likely N-dealkylation sites (tertiary alicyclic amines) is 1. The van der Waals surface area contributed by atoms with Crippen molar-refractivity contribution in [1.82, 2.24) is 10.2 Å². The smallest absolute Gasteiger partial charge is 0.0192 e. The zero-order valence-electron chi connectivity index (χ0n) is 14.1. The number of nitrogens with one attached hydrogen (secondary N) is 1. The van der Waals surface area contributed by atoms with E-state index >= 15 is 0 Å². The Bertz CT molecular complexity index is 261. The molecule has 20 heavy (non-hydrogen) atoms. The fraction of sp³-hybridized carbons (Fsp3) is 1.00. The first kappa shape index (κ1) is 16.3. The zero-order chi connectivity index (χ0) is 14.4. The molecule has 1 saturated carbocycles. The minimum absolute atomic E-state index is 0.678. The summed E-state index contributed by atoms with van der Waals surface area (Å²) in [5.74, 6) is 0. The minimum Gasteiger partial charge on any atom is -0.313 e. The van der Waals surface area contributed by atoms with Crippen LogP contribution >= 0.6 is 0 Å². The van der Waals surface area contributed by atoms with Gasteiger partial charge < -0.3 is 5.32 Å². The second kappa shape index (κ2) is 7.79. The molecular formula is C18H36N2. The van der Waals surface area contributed by atoms with Gasteiger partial charge in [0.15, 0.2) is 0 Å². The Hall–Kier alpha value is -0.0800. The molecule has 0 amide bonds. The van der Waals surface area contributed by atoms with E-state index in [2.05, 4.69) is 31.0 Å². The molecule has 1 aliphatic heterocycles. The normalized spacial score (nSPS) is 26.6. The van der Waals surface area contributed by atoms with Gasteiger partial charge in [-0.15, -0.1) is 0 Å². The average Bonchev–Trinajstić information content (AvgIpc) is 2.47. The number of piperidine rings is 1. The van der Waals surface area contributed by atoms with Crippen molar-refractivity contribution in [3.8, 4) is 0 Å². The standard InChI is InChI=1S/C18H36N2/c1-4-8-16(2)19-15-17(3)20-13-11-18(12-14-20)9-6-5-7-10-18/h16-17,19H,4-15H2,1-3H3. The van der Waals surface area contributed by atoms with E-state index in [-0.39, 0.29) is 0 Å². The Kier molecular flexibility index (Phi) is 6.35. The summed E-state index contributed by atoms with van der Waals surface area (Å²) in [4.78, 5) is 2.73. The van der Waals surface area contributed by atoms with E-state index in [1.165, 1.54) is 70.9 Å². The number of hydrogen-bond acceptors (Lipinski definition) is 2. The molecule has 2 atom stereocenters. The van der Waals surface area contributed by atoms with Crippen LogP contribution in [0.1, 0.15) is 78.6 Å². The molecule has 118 valence electrons. The highest BCUT2D eigenvalue weighted by Gasteiger charge is 2.36. The summed E-state index contributed by atoms with van der Waals surface area (Å²) < 4.78 is 0. The van der Waals surface area contributed by atoms with Gasteiger partial charge in [0, 0.05) is 18.6 Å². The molecule has 1 saturated heterocycles. The van der Waals surface area contributed by atoms with Gasteiger partial charge in [-0.25, -0.2) is 0 Å². The first-order chi connectivity index (χ1) is 9.65. The first-order valence-corrected chi connectivity index (χ1v) is 9.13. The summed E-state index contributed by atoms with van der Waals surface area (Å²) in [6.07, 6.45) is 13.0. The van der Waals surface area contributed by atoms with Crippen LogP contribution in [0.15, 0.2) is 0 Å². The van der Waals surface area contributed by atoms with E-state index in [0.717, 1.165) is 12.0 Å². The fourth-order valence-electron chi connectivity index (χ4n) is 4.28. The molecular weight excluding hydrogens is 244 g/mol. The highest BCUT2D eigenvalue weighted by molar-refractivity contribution is 4.89. The molecule has 0 radical (unpaired) electrons. The molecule has 0 bridgehead atoms. The molecule has 2 heteroatoms. The lowest BCUT2D eigenvalue weighted by Gasteiger charge is -2.46. The maximum Gasteiger partial charge on any atom is 0.0192 e. The number of hydrogen-bond donors (Lipinski definition) is 1. The van der Waals surface area contributed by atoms with Crippen LogP contribution in [-0.4, -0.2) is 36.6 Å². The highest BCUT2D eigenvalue weighted by Crippen LogP contribution is 2.44. The van der Waals surface area contributed by atoms with Gasteiger partial charge in [0.1, 0.15) is 0 Å². The molecule has 2 aliphatic rings. The van der Waals surface area contributed by atoms with Gasteiger partial charge in [-0.2, -0.15) is 0 Å². The van der Waals surface area contributed by atoms with Gasteiger partial charge >= 0.3 is 0 Å². The van der Waals surface area contributed by atoms with Crippen LogP contribution in [0.5, 0.6) is 0 Å². The maximum atomic E-state index is 3.71. The first-order valence-electron chi connectivity index (χ1n) is 9.13. The predicted octanol–water partition coefficient (Wildman–Crippen LogP) is 4.20. The average molecular weight is 280 g/mol. The van der Waals surface area contributed by atoms with Crippen molar-refractivity contribution in [2.24, 2.45) is 5.41 Å². The van der Waals surface area contributed by atoms with E-state index in [9.17, 15) is 0 Å². The summed E-state index contributed by atoms with van der Waals surface area (Å²) in [5.41, 5.74) is 0.747. The summed E-state index contributed by atoms with van der Waals surface area (Å²) in [6, 6.07) is 1.38. The van der Waals surface area contributed by atoms with Crippen molar-refractivity contribution in [1.29, 1.82) is 0 Å². The minimum atomic E-state index is 0.678. The van der Waals surface area contributed by atoms with Gasteiger partial charge in [0.05, 0.1) is 0 Å². The van der Waals surface area contributed by atoms with Gasteiger partial charge in [-0.3, -0.25) is 4.90 Å². The Morgan fingerprint density at radius 3 is 2.25 bits per heavy atom. The summed E-state index contributed by atoms with van der Waals surface area (Å²) in [6.45, 7) is 10.8. The van der Waals surface area contributed by atoms with E-state index in [1.807, 2.05) is 0 Å². The SMILES string of the molecule is CCCC(C)NCC(C)N1CCC2(CCCCC2)CC1. The van der Waals surface area contributed by atoms with Crippen LogP contribution in [0, 0.1) is 5.41 Å². The third-order valence-corrected chi connectivity index (χ3v) is 5.88. The van der Waals surface area contributed by atoms with E-state index < -0.39 is 0 Å². The van der Waals surface area contributed by atoms with E-state index in [4.69, 9.17) is 0 Å². The fourth-order valence-corrected chi connectivity index (χ4v) is 4.28. The Morgan fingerprint density at radius 1 is 1.00 bits per heavy atom. The third-order valence-electron chi connectivity index (χ3n) is 5.88. The van der Waals surface area contributed by atoms with Gasteiger partial charge in [0.2, 0.25) is 0 Å². The number of nitrogens with zero attached hydrogens (tertiary/aromatic N) is 1. The van der Waals surface area contributed by atoms with E-state index in [1.54, 1.807) is 0 Å². The molecule has 0 aromatic heterocycles. The molecule has 2 rings (SSSR count). The van der Waals surface area contributed by atoms with Gasteiger partial charge in [0.25, 0.3) is 0 Å². The predicted molar refractivity (Wildman–Crippen MR) is 88.2 cm³/mol. The van der Waals surface area contributed by atoms with Crippen LogP contribution in [0.25, 0.3) is 0 Å². The molecule has 2 fully saturated rings. The van der Waals surface area contributed by atoms with Crippen molar-refractivity contribution in [3.05, 3.63) is 0 Å². The second-order valence-electron chi connectivity index (χ2n) is 7.54. The molecule has 2 nitrogen and oxygen atoms in total. The van der Waals surface area contributed by atoms with Crippen LogP contribution in [0.4, 0.5) is 0 Å². The lowest BCUT2D eigenvalue weighted by molar-refractivity contribution is 0.0484. The third kappa shape index (κ3) is 4.46. The van der Waals surface area contributed by atoms with Crippen molar-refractivity contribution in [3.63, 3.8) is 0 Å². The van der Waals surface area contributed by atoms with Crippen LogP contribution < -0.4 is 5.32 Å². The monoisotopic (exact) mass is 280 g/mol. The van der Waals surface area contributed by atoms with Crippen LogP contribution in [0.3, 0.4) is 0 Å². The molecule has 0 aromatic rings. The molecule has 1 aliphatic carbocycles. The molecule has 1 heterocycles. The van der Waals surface area contributed by atoms with Crippen molar-refractivity contribution in [2.75, 3.05) is 19.6 Å². The summed E-state index contributed by atoms with van der Waals surface area (Å²) in [5, 5.41) is 3.71. The van der Waals surface area contributed by atoms with Crippen LogP contribution in [-0.2, 0) is 0 Å². The largest absolute Gasteiger partial charge is 0.313 e. The molecule has 2 unspecified atom stereocenters. The summed E-state index contributed by atoms with van der Waals surface area (Å²) >= 11 is 0. The lowest BCUT2D eigenvalue weighted by Crippen LogP contribution is -2.48. The van der Waals surface area contributed by atoms with Gasteiger partial charge in [-0.1, -0.05) is 32.6 Å². The lowest BCUT2D eigenvalue weighted by atomic mass is 9.68. The highest BCUT2D eigenvalue weighted by atomic mass is 15.2. The van der Waals surface area contributed by atoms with E-state index in [0.29, 0.717) is 12.1 Å². The molecule has 0 aromatic carbocycles. The summed E-state index contributed by atoms with van der Waals surface area (Å²) in [7, 11) is 0. The number of rotatable bonds is 6. The topological polar surface area (TPSA) is 15.3 Å². The quantitative estimate of drug-likeness (QED) is 0.784. The Balaban J connectivity index is 1.70. The van der Waals surface area contributed by atoms with Crippen molar-refractivity contribution >= 4 is 0 Å². The van der Waals surface area contributed by atoms with Crippen LogP contribution in [0.2, 0.25) is 0 Å². The van der Waals surface area contributed by atoms with Crippen molar-refractivity contribution in [2.45, 2.75) is 90.6 Å².